The summed E-state index contributed by atoms with van der Waals surface area (Å²) in [5, 5.41) is 10.2. The van der Waals surface area contributed by atoms with Gasteiger partial charge < -0.3 is 9.64 Å². The van der Waals surface area contributed by atoms with Crippen molar-refractivity contribution in [2.45, 2.75) is 25.9 Å². The zero-order valence-electron chi connectivity index (χ0n) is 14.8. The predicted molar refractivity (Wildman–Crippen MR) is 100 cm³/mol. The zero-order valence-corrected chi connectivity index (χ0v) is 14.8. The predicted octanol–water partition coefficient (Wildman–Crippen LogP) is 3.62. The van der Waals surface area contributed by atoms with Crippen LogP contribution in [-0.4, -0.2) is 40.2 Å². The van der Waals surface area contributed by atoms with Crippen LogP contribution in [0.3, 0.4) is 0 Å². The Bertz CT molecular complexity index is 911. The fourth-order valence-corrected chi connectivity index (χ4v) is 3.30. The number of nitrogens with zero attached hydrogens (tertiary/aromatic N) is 3. The highest BCUT2D eigenvalue weighted by Crippen LogP contribution is 2.25. The van der Waals surface area contributed by atoms with Crippen LogP contribution in [0, 0.1) is 6.92 Å². The molecule has 1 aliphatic rings. The first-order valence-corrected chi connectivity index (χ1v) is 8.94. The second kappa shape index (κ2) is 7.12. The lowest BCUT2D eigenvalue weighted by Gasteiger charge is -2.32. The van der Waals surface area contributed by atoms with Crippen LogP contribution in [0.5, 0.6) is 5.88 Å². The van der Waals surface area contributed by atoms with Crippen LogP contribution in [0.4, 0.5) is 0 Å². The second-order valence-corrected chi connectivity index (χ2v) is 6.71. The summed E-state index contributed by atoms with van der Waals surface area (Å²) in [7, 11) is 0. The van der Waals surface area contributed by atoms with Gasteiger partial charge in [-0.05, 0) is 25.1 Å². The first-order chi connectivity index (χ1) is 12.7. The van der Waals surface area contributed by atoms with Gasteiger partial charge in [0.05, 0.1) is 6.20 Å². The van der Waals surface area contributed by atoms with Crippen LogP contribution in [0.1, 0.15) is 28.8 Å². The van der Waals surface area contributed by atoms with Gasteiger partial charge in [-0.2, -0.15) is 5.10 Å². The molecule has 5 heteroatoms. The van der Waals surface area contributed by atoms with Crippen molar-refractivity contribution in [3.05, 3.63) is 65.9 Å². The van der Waals surface area contributed by atoms with Gasteiger partial charge in [-0.15, -0.1) is 5.10 Å². The third-order valence-corrected chi connectivity index (χ3v) is 4.84. The van der Waals surface area contributed by atoms with E-state index in [0.29, 0.717) is 19.0 Å². The molecule has 2 aromatic carbocycles. The number of ether oxygens (including phenoxy) is 1. The molecule has 0 spiro atoms. The quantitative estimate of drug-likeness (QED) is 0.726. The molecule has 0 atom stereocenters. The van der Waals surface area contributed by atoms with Crippen molar-refractivity contribution < 1.29 is 9.53 Å². The molecule has 5 nitrogen and oxygen atoms in total. The maximum absolute atomic E-state index is 12.6. The van der Waals surface area contributed by atoms with E-state index in [2.05, 4.69) is 10.2 Å². The molecule has 1 aromatic heterocycles. The van der Waals surface area contributed by atoms with E-state index in [4.69, 9.17) is 4.74 Å². The number of aromatic nitrogens is 2. The van der Waals surface area contributed by atoms with E-state index in [1.807, 2.05) is 60.4 Å². The molecule has 0 aliphatic carbocycles. The fraction of sp³-hybridized carbons (Fsp3) is 0.286. The van der Waals surface area contributed by atoms with Crippen molar-refractivity contribution >= 4 is 16.7 Å². The van der Waals surface area contributed by atoms with Crippen molar-refractivity contribution in [3.63, 3.8) is 0 Å². The Kier molecular flexibility index (Phi) is 4.52. The molecule has 1 amide bonds. The largest absolute Gasteiger partial charge is 0.473 e. The molecular formula is C21H21N3O2. The van der Waals surface area contributed by atoms with Crippen LogP contribution < -0.4 is 4.74 Å². The number of hydrogen-bond acceptors (Lipinski definition) is 4. The highest BCUT2D eigenvalue weighted by atomic mass is 16.5. The summed E-state index contributed by atoms with van der Waals surface area (Å²) in [6.07, 6.45) is 3.38. The van der Waals surface area contributed by atoms with Gasteiger partial charge in [0.25, 0.3) is 5.91 Å². The summed E-state index contributed by atoms with van der Waals surface area (Å²) in [5.41, 5.74) is 1.90. The number of rotatable bonds is 3. The third-order valence-electron chi connectivity index (χ3n) is 4.84. The highest BCUT2D eigenvalue weighted by molar-refractivity contribution is 5.94. The van der Waals surface area contributed by atoms with Crippen LogP contribution >= 0.6 is 0 Å². The fourth-order valence-electron chi connectivity index (χ4n) is 3.30. The van der Waals surface area contributed by atoms with E-state index in [0.717, 1.165) is 34.7 Å². The van der Waals surface area contributed by atoms with E-state index in [-0.39, 0.29) is 12.0 Å². The molecule has 4 rings (SSSR count). The molecule has 1 aliphatic heterocycles. The Morgan fingerprint density at radius 3 is 2.58 bits per heavy atom. The van der Waals surface area contributed by atoms with Crippen LogP contribution in [0.2, 0.25) is 0 Å². The lowest BCUT2D eigenvalue weighted by molar-refractivity contribution is 0.0589. The molecule has 2 heterocycles. The smallest absolute Gasteiger partial charge is 0.253 e. The van der Waals surface area contributed by atoms with Gasteiger partial charge in [0.1, 0.15) is 6.10 Å². The first kappa shape index (κ1) is 16.5. The standard InChI is InChI=1S/C21H21N3O2/c1-15-6-8-16(9-7-15)21(25)24-12-10-18(11-13-24)26-20-19-5-3-2-4-17(19)14-22-23-20/h2-9,14,18H,10-13H2,1H3. The maximum Gasteiger partial charge on any atom is 0.253 e. The number of hydrogen-bond donors (Lipinski definition) is 0. The molecule has 0 saturated carbocycles. The Hall–Kier alpha value is -2.95. The third kappa shape index (κ3) is 3.38. The minimum Gasteiger partial charge on any atom is -0.473 e. The lowest BCUT2D eigenvalue weighted by atomic mass is 10.1. The Morgan fingerprint density at radius 2 is 1.81 bits per heavy atom. The monoisotopic (exact) mass is 347 g/mol. The number of benzene rings is 2. The summed E-state index contributed by atoms with van der Waals surface area (Å²) in [6.45, 7) is 3.40. The Balaban J connectivity index is 1.40. The average molecular weight is 347 g/mol. The lowest BCUT2D eigenvalue weighted by Crippen LogP contribution is -2.41. The molecular weight excluding hydrogens is 326 g/mol. The van der Waals surface area contributed by atoms with Gasteiger partial charge in [-0.3, -0.25) is 4.79 Å². The van der Waals surface area contributed by atoms with Crippen molar-refractivity contribution in [1.82, 2.24) is 15.1 Å². The van der Waals surface area contributed by atoms with Gasteiger partial charge >= 0.3 is 0 Å². The normalized spacial score (nSPS) is 15.2. The zero-order chi connectivity index (χ0) is 17.9. The molecule has 0 radical (unpaired) electrons. The van der Waals surface area contributed by atoms with E-state index in [9.17, 15) is 4.79 Å². The van der Waals surface area contributed by atoms with Crippen LogP contribution in [0.25, 0.3) is 10.8 Å². The Labute approximate surface area is 152 Å². The molecule has 1 saturated heterocycles. The van der Waals surface area contributed by atoms with E-state index >= 15 is 0 Å². The van der Waals surface area contributed by atoms with Gasteiger partial charge in [0.2, 0.25) is 5.88 Å². The summed E-state index contributed by atoms with van der Waals surface area (Å²) >= 11 is 0. The summed E-state index contributed by atoms with van der Waals surface area (Å²) in [6, 6.07) is 15.7. The average Bonchev–Trinajstić information content (AvgIpc) is 2.69. The molecule has 1 fully saturated rings. The number of likely N-dealkylation sites (tertiary alicyclic amines) is 1. The number of fused-ring (bicyclic) bond motifs is 1. The minimum absolute atomic E-state index is 0.0529. The topological polar surface area (TPSA) is 55.3 Å². The van der Waals surface area contributed by atoms with E-state index in [1.165, 1.54) is 0 Å². The minimum atomic E-state index is 0.0529. The summed E-state index contributed by atoms with van der Waals surface area (Å²) in [4.78, 5) is 14.5. The SMILES string of the molecule is Cc1ccc(C(=O)N2CCC(Oc3nncc4ccccc34)CC2)cc1. The molecule has 0 N–H and O–H groups in total. The van der Waals surface area contributed by atoms with Crippen molar-refractivity contribution in [1.29, 1.82) is 0 Å². The molecule has 3 aromatic rings. The van der Waals surface area contributed by atoms with Gasteiger partial charge in [0.15, 0.2) is 0 Å². The van der Waals surface area contributed by atoms with Crippen LogP contribution in [0.15, 0.2) is 54.7 Å². The van der Waals surface area contributed by atoms with E-state index < -0.39 is 0 Å². The summed E-state index contributed by atoms with van der Waals surface area (Å²) < 4.78 is 6.11. The van der Waals surface area contributed by atoms with Crippen LogP contribution in [-0.2, 0) is 0 Å². The highest BCUT2D eigenvalue weighted by Gasteiger charge is 2.25. The maximum atomic E-state index is 12.6. The molecule has 0 unspecified atom stereocenters. The van der Waals surface area contributed by atoms with Gasteiger partial charge in [-0.1, -0.05) is 35.9 Å². The second-order valence-electron chi connectivity index (χ2n) is 6.71. The number of carbonyl (C=O) groups is 1. The molecule has 0 bridgehead atoms. The number of carbonyl (C=O) groups excluding carboxylic acids is 1. The first-order valence-electron chi connectivity index (χ1n) is 8.94. The Morgan fingerprint density at radius 1 is 1.08 bits per heavy atom. The van der Waals surface area contributed by atoms with Crippen molar-refractivity contribution in [2.75, 3.05) is 13.1 Å². The number of piperidine rings is 1. The van der Waals surface area contributed by atoms with Gasteiger partial charge in [0, 0.05) is 42.3 Å². The number of aryl methyl sites for hydroxylation is 1. The van der Waals surface area contributed by atoms with Crippen molar-refractivity contribution in [2.24, 2.45) is 0 Å². The number of amides is 1. The van der Waals surface area contributed by atoms with Gasteiger partial charge in [-0.25, -0.2) is 0 Å². The van der Waals surface area contributed by atoms with Crippen molar-refractivity contribution in [3.8, 4) is 5.88 Å². The van der Waals surface area contributed by atoms with E-state index in [1.54, 1.807) is 6.20 Å². The molecule has 26 heavy (non-hydrogen) atoms. The summed E-state index contributed by atoms with van der Waals surface area (Å²) in [5.74, 6) is 0.666. The molecule has 132 valence electrons.